The lowest BCUT2D eigenvalue weighted by molar-refractivity contribution is -0.384. The maximum atomic E-state index is 12.3. The number of carbonyl (C=O) groups excluding carboxylic acids is 2. The number of halogens is 1. The molecule has 0 radical (unpaired) electrons. The zero-order valence-electron chi connectivity index (χ0n) is 13.9. The molecule has 0 heterocycles. The van der Waals surface area contributed by atoms with Crippen molar-refractivity contribution in [2.24, 2.45) is 0 Å². The zero-order chi connectivity index (χ0) is 19.3. The molecule has 0 bridgehead atoms. The van der Waals surface area contributed by atoms with Crippen LogP contribution >= 0.6 is 15.9 Å². The van der Waals surface area contributed by atoms with E-state index in [0.29, 0.717) is 15.9 Å². The number of non-ortho nitro benzene ring substituents is 1. The van der Waals surface area contributed by atoms with Gasteiger partial charge in [-0.1, -0.05) is 0 Å². The van der Waals surface area contributed by atoms with Gasteiger partial charge in [0.25, 0.3) is 11.6 Å². The first-order chi connectivity index (χ1) is 12.3. The largest absolute Gasteiger partial charge is 0.497 e. The highest BCUT2D eigenvalue weighted by atomic mass is 79.9. The van der Waals surface area contributed by atoms with Crippen LogP contribution in [0.3, 0.4) is 0 Å². The number of nitro benzene ring substituents is 1. The van der Waals surface area contributed by atoms with E-state index in [4.69, 9.17) is 9.47 Å². The summed E-state index contributed by atoms with van der Waals surface area (Å²) in [6, 6.07) is 10.1. The highest BCUT2D eigenvalue weighted by Crippen LogP contribution is 2.24. The molecule has 0 saturated carbocycles. The molecule has 0 aromatic heterocycles. The van der Waals surface area contributed by atoms with E-state index in [2.05, 4.69) is 21.2 Å². The van der Waals surface area contributed by atoms with Crippen LogP contribution < -0.4 is 10.1 Å². The lowest BCUT2D eigenvalue weighted by Crippen LogP contribution is -2.30. The van der Waals surface area contributed by atoms with Crippen molar-refractivity contribution < 1.29 is 24.0 Å². The van der Waals surface area contributed by atoms with Crippen molar-refractivity contribution >= 4 is 39.2 Å². The molecular weight excluding hydrogens is 408 g/mol. The molecule has 0 aliphatic heterocycles. The van der Waals surface area contributed by atoms with E-state index < -0.39 is 22.9 Å². The van der Waals surface area contributed by atoms with E-state index >= 15 is 0 Å². The maximum absolute atomic E-state index is 12.3. The second-order valence-electron chi connectivity index (χ2n) is 5.19. The third kappa shape index (κ3) is 4.79. The Hall–Kier alpha value is -2.94. The van der Waals surface area contributed by atoms with Gasteiger partial charge >= 0.3 is 5.97 Å². The maximum Gasteiger partial charge on any atom is 0.340 e. The molecule has 0 aliphatic carbocycles. The number of nitrogens with zero attached hydrogens (tertiary/aromatic N) is 1. The van der Waals surface area contributed by atoms with Crippen LogP contribution in [0.25, 0.3) is 0 Å². The molecule has 1 N–H and O–H groups in total. The Morgan fingerprint density at radius 1 is 1.19 bits per heavy atom. The highest BCUT2D eigenvalue weighted by molar-refractivity contribution is 9.10. The molecule has 1 unspecified atom stereocenters. The zero-order valence-corrected chi connectivity index (χ0v) is 15.5. The fourth-order valence-corrected chi connectivity index (χ4v) is 2.38. The van der Waals surface area contributed by atoms with Crippen LogP contribution in [0.1, 0.15) is 17.3 Å². The summed E-state index contributed by atoms with van der Waals surface area (Å²) in [5.41, 5.74) is 0.482. The number of carbonyl (C=O) groups is 2. The van der Waals surface area contributed by atoms with Crippen LogP contribution in [0.4, 0.5) is 11.4 Å². The first kappa shape index (κ1) is 19.4. The molecule has 0 aliphatic rings. The Morgan fingerprint density at radius 2 is 1.85 bits per heavy atom. The summed E-state index contributed by atoms with van der Waals surface area (Å²) >= 11 is 3.25. The van der Waals surface area contributed by atoms with E-state index in [1.54, 1.807) is 12.1 Å². The Balaban J connectivity index is 2.02. The standard InChI is InChI=1S/C17H15BrN2O6/c1-10(16(21)19-11-3-5-12(6-4-11)20(23)24)26-17(22)14-9-13(25-2)7-8-15(14)18/h3-10H,1-2H3,(H,19,21). The number of hydrogen-bond acceptors (Lipinski definition) is 6. The minimum Gasteiger partial charge on any atom is -0.497 e. The quantitative estimate of drug-likeness (QED) is 0.433. The van der Waals surface area contributed by atoms with Gasteiger partial charge in [-0.2, -0.15) is 0 Å². The molecule has 0 spiro atoms. The average Bonchev–Trinajstić information content (AvgIpc) is 2.62. The summed E-state index contributed by atoms with van der Waals surface area (Å²) in [7, 11) is 1.47. The van der Waals surface area contributed by atoms with Gasteiger partial charge in [0, 0.05) is 22.3 Å². The number of ether oxygens (including phenoxy) is 2. The van der Waals surface area contributed by atoms with Crippen LogP contribution in [-0.4, -0.2) is 30.0 Å². The Morgan fingerprint density at radius 3 is 2.42 bits per heavy atom. The number of esters is 1. The Labute approximate surface area is 157 Å². The fourth-order valence-electron chi connectivity index (χ4n) is 1.98. The SMILES string of the molecule is COc1ccc(Br)c(C(=O)OC(C)C(=O)Nc2ccc([N+](=O)[O-])cc2)c1. The van der Waals surface area contributed by atoms with Gasteiger partial charge in [0.2, 0.25) is 0 Å². The first-order valence-corrected chi connectivity index (χ1v) is 8.21. The predicted molar refractivity (Wildman–Crippen MR) is 97.3 cm³/mol. The van der Waals surface area contributed by atoms with Crippen molar-refractivity contribution in [2.75, 3.05) is 12.4 Å². The van der Waals surface area contributed by atoms with Crippen molar-refractivity contribution in [2.45, 2.75) is 13.0 Å². The monoisotopic (exact) mass is 422 g/mol. The number of benzene rings is 2. The van der Waals surface area contributed by atoms with Crippen molar-refractivity contribution in [3.8, 4) is 5.75 Å². The summed E-state index contributed by atoms with van der Waals surface area (Å²) in [4.78, 5) is 34.5. The van der Waals surface area contributed by atoms with Crippen molar-refractivity contribution in [3.05, 3.63) is 62.6 Å². The molecular formula is C17H15BrN2O6. The van der Waals surface area contributed by atoms with Crippen LogP contribution in [0.15, 0.2) is 46.9 Å². The number of hydrogen-bond donors (Lipinski definition) is 1. The molecule has 0 saturated heterocycles. The van der Waals surface area contributed by atoms with Crippen molar-refractivity contribution in [1.29, 1.82) is 0 Å². The van der Waals surface area contributed by atoms with Gasteiger partial charge in [-0.25, -0.2) is 4.79 Å². The molecule has 1 amide bonds. The number of nitrogens with one attached hydrogen (secondary N) is 1. The van der Waals surface area contributed by atoms with Crippen molar-refractivity contribution in [3.63, 3.8) is 0 Å². The van der Waals surface area contributed by atoms with Gasteiger partial charge in [0.15, 0.2) is 6.10 Å². The van der Waals surface area contributed by atoms with E-state index in [1.807, 2.05) is 0 Å². The number of methoxy groups -OCH3 is 1. The third-order valence-corrected chi connectivity index (χ3v) is 4.08. The Kier molecular flexibility index (Phi) is 6.29. The Bertz CT molecular complexity index is 838. The minimum atomic E-state index is -1.07. The third-order valence-electron chi connectivity index (χ3n) is 3.39. The van der Waals surface area contributed by atoms with Crippen LogP contribution in [0.5, 0.6) is 5.75 Å². The number of rotatable bonds is 6. The molecule has 26 heavy (non-hydrogen) atoms. The van der Waals surface area contributed by atoms with E-state index in [-0.39, 0.29) is 11.3 Å². The molecule has 136 valence electrons. The molecule has 2 aromatic rings. The molecule has 8 nitrogen and oxygen atoms in total. The normalized spacial score (nSPS) is 11.3. The summed E-state index contributed by atoms with van der Waals surface area (Å²) < 4.78 is 10.7. The van der Waals surface area contributed by atoms with Gasteiger partial charge in [-0.05, 0) is 53.2 Å². The van der Waals surface area contributed by atoms with E-state index in [0.717, 1.165) is 0 Å². The average molecular weight is 423 g/mol. The lowest BCUT2D eigenvalue weighted by atomic mass is 10.2. The van der Waals surface area contributed by atoms with E-state index in [1.165, 1.54) is 44.4 Å². The molecule has 1 atom stereocenters. The molecule has 2 aromatic carbocycles. The lowest BCUT2D eigenvalue weighted by Gasteiger charge is -2.14. The smallest absolute Gasteiger partial charge is 0.340 e. The summed E-state index contributed by atoms with van der Waals surface area (Å²) in [5.74, 6) is -0.781. The summed E-state index contributed by atoms with van der Waals surface area (Å²) in [5, 5.41) is 13.1. The van der Waals surface area contributed by atoms with E-state index in [9.17, 15) is 19.7 Å². The van der Waals surface area contributed by atoms with Gasteiger partial charge in [-0.15, -0.1) is 0 Å². The second kappa shape index (κ2) is 8.43. The van der Waals surface area contributed by atoms with Crippen LogP contribution in [0, 0.1) is 10.1 Å². The van der Waals surface area contributed by atoms with Gasteiger partial charge < -0.3 is 14.8 Å². The number of amides is 1. The van der Waals surface area contributed by atoms with Crippen LogP contribution in [-0.2, 0) is 9.53 Å². The second-order valence-corrected chi connectivity index (χ2v) is 6.04. The van der Waals surface area contributed by atoms with Gasteiger partial charge in [0.1, 0.15) is 5.75 Å². The molecule has 2 rings (SSSR count). The number of nitro groups is 1. The summed E-state index contributed by atoms with van der Waals surface area (Å²) in [6.45, 7) is 1.42. The fraction of sp³-hybridized carbons (Fsp3) is 0.176. The molecule has 0 fully saturated rings. The topological polar surface area (TPSA) is 108 Å². The number of anilines is 1. The first-order valence-electron chi connectivity index (χ1n) is 7.41. The summed E-state index contributed by atoms with van der Waals surface area (Å²) in [6.07, 6.45) is -1.07. The van der Waals surface area contributed by atoms with Crippen LogP contribution in [0.2, 0.25) is 0 Å². The minimum absolute atomic E-state index is 0.0923. The molecule has 9 heteroatoms. The predicted octanol–water partition coefficient (Wildman–Crippen LogP) is 3.55. The van der Waals surface area contributed by atoms with Crippen molar-refractivity contribution in [1.82, 2.24) is 0 Å². The van der Waals surface area contributed by atoms with Gasteiger partial charge in [0.05, 0.1) is 17.6 Å². The highest BCUT2D eigenvalue weighted by Gasteiger charge is 2.21. The van der Waals surface area contributed by atoms with Gasteiger partial charge in [-0.3, -0.25) is 14.9 Å².